The van der Waals surface area contributed by atoms with Gasteiger partial charge in [0.15, 0.2) is 11.6 Å². The van der Waals surface area contributed by atoms with Crippen LogP contribution in [0.2, 0.25) is 0 Å². The van der Waals surface area contributed by atoms with Crippen LogP contribution in [0.15, 0.2) is 42.5 Å². The molecule has 1 amide bonds. The first-order chi connectivity index (χ1) is 23.5. The zero-order valence-electron chi connectivity index (χ0n) is 33.6. The van der Waals surface area contributed by atoms with E-state index in [4.69, 9.17) is 9.47 Å². The second-order valence-corrected chi connectivity index (χ2v) is 17.5. The lowest BCUT2D eigenvalue weighted by molar-refractivity contribution is -0.150. The van der Waals surface area contributed by atoms with E-state index in [1.54, 1.807) is 18.2 Å². The van der Waals surface area contributed by atoms with Crippen LogP contribution in [0.25, 0.3) is 0 Å². The van der Waals surface area contributed by atoms with E-state index in [2.05, 4.69) is 74.6 Å². The molecule has 2 aromatic carbocycles. The standard InChI is InChI=1S/C43H65NO7/c1-14-41(7,8)27-34(43(11,12)42(9,10)26-33(28(2)3)39(49)50-13)38(48)44-22-15-23-51-31-20-21-32(36(46)24-31)37(47)25-35(45)29-16-18-30(19-17-29)40(4,5)6/h16-21,24,28,33-34,46H,14-15,22-23,25-27H2,1-13H3,(H,44,48). The number of hydrogen-bond acceptors (Lipinski definition) is 7. The third kappa shape index (κ3) is 11.9. The van der Waals surface area contributed by atoms with Gasteiger partial charge in [-0.25, -0.2) is 0 Å². The predicted octanol–water partition coefficient (Wildman–Crippen LogP) is 9.36. The molecule has 51 heavy (non-hydrogen) atoms. The summed E-state index contributed by atoms with van der Waals surface area (Å²) in [7, 11) is 1.43. The highest BCUT2D eigenvalue weighted by Crippen LogP contribution is 2.52. The highest BCUT2D eigenvalue weighted by atomic mass is 16.5. The Morgan fingerprint density at radius 3 is 1.96 bits per heavy atom. The summed E-state index contributed by atoms with van der Waals surface area (Å²) in [5.74, 6) is -1.34. The highest BCUT2D eigenvalue weighted by Gasteiger charge is 2.49. The van der Waals surface area contributed by atoms with Gasteiger partial charge in [-0.15, -0.1) is 0 Å². The Morgan fingerprint density at radius 2 is 1.45 bits per heavy atom. The normalized spacial score (nSPS) is 13.8. The van der Waals surface area contributed by atoms with E-state index < -0.39 is 11.2 Å². The number of Topliss-reactive ketones (excluding diaryl/α,β-unsaturated/α-hetero) is 2. The summed E-state index contributed by atoms with van der Waals surface area (Å²) < 4.78 is 11.0. The molecule has 0 aliphatic rings. The summed E-state index contributed by atoms with van der Waals surface area (Å²) in [5, 5.41) is 13.7. The maximum Gasteiger partial charge on any atom is 0.308 e. The largest absolute Gasteiger partial charge is 0.507 e. The van der Waals surface area contributed by atoms with Gasteiger partial charge in [0.05, 0.1) is 31.6 Å². The van der Waals surface area contributed by atoms with Gasteiger partial charge in [-0.1, -0.05) is 114 Å². The first kappa shape index (κ1) is 43.5. The number of esters is 1. The molecule has 284 valence electrons. The van der Waals surface area contributed by atoms with Gasteiger partial charge in [0, 0.05) is 24.1 Å². The van der Waals surface area contributed by atoms with Crippen LogP contribution in [-0.2, 0) is 19.7 Å². The van der Waals surface area contributed by atoms with Crippen LogP contribution >= 0.6 is 0 Å². The number of aromatic hydroxyl groups is 1. The number of phenolic OH excluding ortho intramolecular Hbond substituents is 1. The molecule has 0 heterocycles. The van der Waals surface area contributed by atoms with Crippen molar-refractivity contribution in [3.8, 4) is 11.5 Å². The fourth-order valence-corrected chi connectivity index (χ4v) is 6.33. The molecule has 0 bridgehead atoms. The second kappa shape index (κ2) is 17.7. The summed E-state index contributed by atoms with van der Waals surface area (Å²) in [4.78, 5) is 52.2. The van der Waals surface area contributed by atoms with Gasteiger partial charge in [-0.3, -0.25) is 19.2 Å². The molecule has 2 N–H and O–H groups in total. The first-order valence-electron chi connectivity index (χ1n) is 18.5. The maximum atomic E-state index is 13.9. The topological polar surface area (TPSA) is 119 Å². The molecule has 8 heteroatoms. The monoisotopic (exact) mass is 707 g/mol. The molecular weight excluding hydrogens is 642 g/mol. The predicted molar refractivity (Wildman–Crippen MR) is 204 cm³/mol. The SMILES string of the molecule is CCC(C)(C)CC(C(=O)NCCCOc1ccc(C(=O)CC(=O)c2ccc(C(C)(C)C)cc2)c(O)c1)C(C)(C)C(C)(C)CC(C(=O)OC)C(C)C. The van der Waals surface area contributed by atoms with Gasteiger partial charge < -0.3 is 19.9 Å². The van der Waals surface area contributed by atoms with Crippen molar-refractivity contribution in [1.82, 2.24) is 5.32 Å². The molecule has 2 aromatic rings. The molecule has 0 saturated carbocycles. The lowest BCUT2D eigenvalue weighted by Crippen LogP contribution is -2.49. The zero-order valence-corrected chi connectivity index (χ0v) is 33.6. The third-order valence-electron chi connectivity index (χ3n) is 11.2. The third-order valence-corrected chi connectivity index (χ3v) is 11.2. The number of ether oxygens (including phenoxy) is 2. The number of rotatable bonds is 19. The van der Waals surface area contributed by atoms with E-state index in [9.17, 15) is 24.3 Å². The minimum atomic E-state index is -0.469. The molecule has 0 radical (unpaired) electrons. The Balaban J connectivity index is 2.03. The van der Waals surface area contributed by atoms with Crippen LogP contribution in [0, 0.1) is 34.0 Å². The average molecular weight is 708 g/mol. The van der Waals surface area contributed by atoms with E-state index in [1.165, 1.54) is 19.2 Å². The van der Waals surface area contributed by atoms with E-state index in [0.717, 1.165) is 12.0 Å². The lowest BCUT2D eigenvalue weighted by Gasteiger charge is -2.49. The highest BCUT2D eigenvalue weighted by molar-refractivity contribution is 6.14. The Bertz CT molecular complexity index is 1500. The first-order valence-corrected chi connectivity index (χ1v) is 18.5. The smallest absolute Gasteiger partial charge is 0.308 e. The van der Waals surface area contributed by atoms with Gasteiger partial charge >= 0.3 is 5.97 Å². The molecule has 2 unspecified atom stereocenters. The molecule has 0 saturated heterocycles. The minimum Gasteiger partial charge on any atom is -0.507 e. The van der Waals surface area contributed by atoms with E-state index >= 15 is 0 Å². The number of carbonyl (C=O) groups is 4. The number of carbonyl (C=O) groups excluding carboxylic acids is 4. The van der Waals surface area contributed by atoms with Gasteiger partial charge in [0.1, 0.15) is 11.5 Å². The minimum absolute atomic E-state index is 0.0195. The zero-order chi connectivity index (χ0) is 38.9. The number of ketones is 2. The fourth-order valence-electron chi connectivity index (χ4n) is 6.33. The number of benzene rings is 2. The average Bonchev–Trinajstić information content (AvgIpc) is 3.04. The van der Waals surface area contributed by atoms with Crippen LogP contribution in [0.1, 0.15) is 141 Å². The molecule has 2 atom stereocenters. The summed E-state index contributed by atoms with van der Waals surface area (Å²) in [6.45, 7) is 26.1. The molecule has 0 aromatic heterocycles. The van der Waals surface area contributed by atoms with Crippen molar-refractivity contribution >= 4 is 23.4 Å². The number of hydrogen-bond donors (Lipinski definition) is 2. The van der Waals surface area contributed by atoms with Crippen LogP contribution < -0.4 is 10.1 Å². The molecule has 0 aliphatic carbocycles. The Hall–Kier alpha value is -3.68. The number of methoxy groups -OCH3 is 1. The molecule has 2 rings (SSSR count). The van der Waals surface area contributed by atoms with Crippen molar-refractivity contribution in [3.05, 3.63) is 59.2 Å². The molecule has 8 nitrogen and oxygen atoms in total. The maximum absolute atomic E-state index is 13.9. The molecular formula is C43H65NO7. The van der Waals surface area contributed by atoms with Crippen molar-refractivity contribution in [3.63, 3.8) is 0 Å². The van der Waals surface area contributed by atoms with Gasteiger partial charge in [-0.05, 0) is 64.5 Å². The number of phenols is 1. The quantitative estimate of drug-likeness (QED) is 0.0646. The fraction of sp³-hybridized carbons (Fsp3) is 0.628. The van der Waals surface area contributed by atoms with Crippen LogP contribution in [0.5, 0.6) is 11.5 Å². The van der Waals surface area contributed by atoms with Crippen molar-refractivity contribution in [1.29, 1.82) is 0 Å². The number of nitrogens with one attached hydrogen (secondary N) is 1. The van der Waals surface area contributed by atoms with Crippen molar-refractivity contribution in [2.45, 2.75) is 121 Å². The van der Waals surface area contributed by atoms with Crippen molar-refractivity contribution in [2.75, 3.05) is 20.3 Å². The van der Waals surface area contributed by atoms with Crippen LogP contribution in [0.4, 0.5) is 0 Å². The Morgan fingerprint density at radius 1 is 0.843 bits per heavy atom. The summed E-state index contributed by atoms with van der Waals surface area (Å²) in [6, 6.07) is 11.7. The van der Waals surface area contributed by atoms with E-state index in [-0.39, 0.29) is 76.0 Å². The molecule has 0 fully saturated rings. The van der Waals surface area contributed by atoms with Crippen molar-refractivity contribution < 1.29 is 33.8 Å². The summed E-state index contributed by atoms with van der Waals surface area (Å²) in [5.41, 5.74) is 0.708. The molecule has 0 aliphatic heterocycles. The summed E-state index contributed by atoms with van der Waals surface area (Å²) in [6.07, 6.45) is 2.41. The van der Waals surface area contributed by atoms with Gasteiger partial charge in [-0.2, -0.15) is 0 Å². The van der Waals surface area contributed by atoms with Gasteiger partial charge in [0.25, 0.3) is 0 Å². The van der Waals surface area contributed by atoms with Gasteiger partial charge in [0.2, 0.25) is 5.91 Å². The van der Waals surface area contributed by atoms with Crippen molar-refractivity contribution in [2.24, 2.45) is 34.0 Å². The Labute approximate surface area is 307 Å². The Kier molecular flexibility index (Phi) is 15.1. The van der Waals surface area contributed by atoms with E-state index in [0.29, 0.717) is 37.1 Å². The van der Waals surface area contributed by atoms with Crippen LogP contribution in [0.3, 0.4) is 0 Å². The van der Waals surface area contributed by atoms with E-state index in [1.807, 2.05) is 26.0 Å². The summed E-state index contributed by atoms with van der Waals surface area (Å²) >= 11 is 0. The lowest BCUT2D eigenvalue weighted by atomic mass is 9.55. The second-order valence-electron chi connectivity index (χ2n) is 17.5. The number of amides is 1. The molecule has 0 spiro atoms. The van der Waals surface area contributed by atoms with Crippen LogP contribution in [-0.4, -0.2) is 48.8 Å².